The molecule has 4 rings (SSSR count). The summed E-state index contributed by atoms with van der Waals surface area (Å²) in [5.74, 6) is -3.79. The first-order valence-corrected chi connectivity index (χ1v) is 12.1. The quantitative estimate of drug-likeness (QED) is 0.122. The minimum absolute atomic E-state index is 0.160. The van der Waals surface area contributed by atoms with Gasteiger partial charge in [0.15, 0.2) is 6.10 Å². The number of aromatic nitrogens is 1. The van der Waals surface area contributed by atoms with Gasteiger partial charge in [0, 0.05) is 43.3 Å². The second kappa shape index (κ2) is 14.9. The summed E-state index contributed by atoms with van der Waals surface area (Å²) in [6, 6.07) is 12.0. The second-order valence-electron chi connectivity index (χ2n) is 8.68. The van der Waals surface area contributed by atoms with Crippen LogP contribution in [0.5, 0.6) is 0 Å². The normalized spacial score (nSPS) is 14.4. The zero-order valence-corrected chi connectivity index (χ0v) is 21.8. The maximum absolute atomic E-state index is 12.8. The number of hydrogen-bond donors (Lipinski definition) is 5. The fraction of sp³-hybridized carbons (Fsp3) is 0.250. The smallest absolute Gasteiger partial charge is 0.323 e. The summed E-state index contributed by atoms with van der Waals surface area (Å²) in [7, 11) is 1.94. The lowest BCUT2D eigenvalue weighted by Gasteiger charge is -2.31. The van der Waals surface area contributed by atoms with Crippen LogP contribution in [0.25, 0.3) is 10.9 Å². The molecule has 2 amide bonds. The number of aliphatic carboxylic acids is 1. The lowest BCUT2D eigenvalue weighted by Crippen LogP contribution is -2.49. The van der Waals surface area contributed by atoms with E-state index in [0.717, 1.165) is 11.8 Å². The number of ketones is 1. The number of anilines is 1. The largest absolute Gasteiger partial charge is 0.480 e. The maximum atomic E-state index is 12.8. The highest BCUT2D eigenvalue weighted by Gasteiger charge is 2.30. The number of rotatable bonds is 7. The van der Waals surface area contributed by atoms with Crippen molar-refractivity contribution >= 4 is 46.4 Å². The number of aromatic amines is 1. The number of aliphatic hydroxyl groups is 1. The van der Waals surface area contributed by atoms with Gasteiger partial charge in [0.2, 0.25) is 0 Å². The van der Waals surface area contributed by atoms with E-state index in [1.807, 2.05) is 25.2 Å². The van der Waals surface area contributed by atoms with Crippen molar-refractivity contribution in [3.05, 3.63) is 65.9 Å². The molecule has 2 unspecified atom stereocenters. The summed E-state index contributed by atoms with van der Waals surface area (Å²) in [5, 5.41) is 21.4. The van der Waals surface area contributed by atoms with Gasteiger partial charge in [0.05, 0.1) is 16.8 Å². The Labute approximate surface area is 230 Å². The predicted molar refractivity (Wildman–Crippen MR) is 149 cm³/mol. The third-order valence-corrected chi connectivity index (χ3v) is 6.03. The Morgan fingerprint density at radius 3 is 2.20 bits per heavy atom. The number of likely N-dealkylation sites (N-methyl/N-ethyl adjacent to an activating group) is 1. The number of aldehydes is 1. The Hall–Kier alpha value is -4.83. The van der Waals surface area contributed by atoms with Gasteiger partial charge in [-0.1, -0.05) is 42.5 Å². The van der Waals surface area contributed by atoms with E-state index in [0.29, 0.717) is 37.1 Å². The van der Waals surface area contributed by atoms with Crippen LogP contribution in [0.15, 0.2) is 54.7 Å². The highest BCUT2D eigenvalue weighted by Crippen LogP contribution is 2.26. The van der Waals surface area contributed by atoms with Gasteiger partial charge < -0.3 is 36.0 Å². The highest BCUT2D eigenvalue weighted by atomic mass is 16.4. The minimum atomic E-state index is -1.97. The molecule has 0 spiro atoms. The van der Waals surface area contributed by atoms with Gasteiger partial charge in [0.1, 0.15) is 12.3 Å². The Morgan fingerprint density at radius 1 is 1.02 bits per heavy atom. The first kappa shape index (κ1) is 31.4. The van der Waals surface area contributed by atoms with E-state index in [1.54, 1.807) is 24.3 Å². The Morgan fingerprint density at radius 2 is 1.65 bits per heavy atom. The molecule has 1 saturated heterocycles. The van der Waals surface area contributed by atoms with Crippen molar-refractivity contribution in [1.82, 2.24) is 14.8 Å². The number of nitrogens with one attached hydrogen (secondary N) is 2. The SMILES string of the molecule is C#C.CN1CCN(C(=O)C(=O)c2c[nH]c3c(NC(=O)C(O)C(N)C(=O)O)cccc23)CC1.O=Cc1ccccc1. The van der Waals surface area contributed by atoms with Crippen molar-refractivity contribution in [2.24, 2.45) is 5.73 Å². The molecule has 1 aliphatic heterocycles. The van der Waals surface area contributed by atoms with Crippen LogP contribution in [0.2, 0.25) is 0 Å². The monoisotopic (exact) mass is 549 g/mol. The molecule has 0 bridgehead atoms. The van der Waals surface area contributed by atoms with Crippen molar-refractivity contribution < 1.29 is 34.2 Å². The molecule has 6 N–H and O–H groups in total. The van der Waals surface area contributed by atoms with Crippen LogP contribution < -0.4 is 11.1 Å². The number of carbonyl (C=O) groups excluding carboxylic acids is 4. The number of nitrogens with zero attached hydrogens (tertiary/aromatic N) is 2. The second-order valence-corrected chi connectivity index (χ2v) is 8.68. The molecule has 40 heavy (non-hydrogen) atoms. The Kier molecular flexibility index (Phi) is 11.7. The first-order valence-electron chi connectivity index (χ1n) is 12.1. The maximum Gasteiger partial charge on any atom is 0.323 e. The van der Waals surface area contributed by atoms with Gasteiger partial charge in [-0.25, -0.2) is 0 Å². The van der Waals surface area contributed by atoms with Gasteiger partial charge in [0.25, 0.3) is 17.6 Å². The molecule has 0 aliphatic carbocycles. The number of amides is 2. The topological polar surface area (TPSA) is 186 Å². The molecule has 0 saturated carbocycles. The van der Waals surface area contributed by atoms with Crippen molar-refractivity contribution in [2.75, 3.05) is 38.5 Å². The molecule has 12 nitrogen and oxygen atoms in total. The Bertz CT molecular complexity index is 1360. The molecule has 2 atom stereocenters. The number of hydrogen-bond acceptors (Lipinski definition) is 8. The third kappa shape index (κ3) is 7.84. The van der Waals surface area contributed by atoms with Gasteiger partial charge in [-0.15, -0.1) is 12.8 Å². The fourth-order valence-corrected chi connectivity index (χ4v) is 3.75. The predicted octanol–water partition coefficient (Wildman–Crippen LogP) is 0.584. The van der Waals surface area contributed by atoms with Crippen LogP contribution in [0, 0.1) is 12.8 Å². The molecule has 210 valence electrons. The summed E-state index contributed by atoms with van der Waals surface area (Å²) < 4.78 is 0. The summed E-state index contributed by atoms with van der Waals surface area (Å²) in [5.41, 5.74) is 6.73. The summed E-state index contributed by atoms with van der Waals surface area (Å²) in [4.78, 5) is 64.8. The molecule has 12 heteroatoms. The van der Waals surface area contributed by atoms with Crippen LogP contribution in [0.3, 0.4) is 0 Å². The molecule has 0 radical (unpaired) electrons. The number of fused-ring (bicyclic) bond motifs is 1. The van der Waals surface area contributed by atoms with Crippen LogP contribution >= 0.6 is 0 Å². The Balaban J connectivity index is 0.000000475. The number of para-hydroxylation sites is 1. The van der Waals surface area contributed by atoms with E-state index in [9.17, 15) is 29.1 Å². The summed E-state index contributed by atoms with van der Waals surface area (Å²) >= 11 is 0. The van der Waals surface area contributed by atoms with Crippen molar-refractivity contribution in [3.8, 4) is 12.8 Å². The molecule has 1 aromatic heterocycles. The van der Waals surface area contributed by atoms with Crippen LogP contribution in [0.1, 0.15) is 20.7 Å². The number of nitrogens with two attached hydrogens (primary N) is 1. The molecule has 2 heterocycles. The molecule has 3 aromatic rings. The lowest BCUT2D eigenvalue weighted by molar-refractivity contribution is -0.144. The number of terminal acetylenes is 1. The van der Waals surface area contributed by atoms with Gasteiger partial charge in [-0.2, -0.15) is 0 Å². The molecule has 2 aromatic carbocycles. The van der Waals surface area contributed by atoms with Crippen LogP contribution in [0.4, 0.5) is 5.69 Å². The van der Waals surface area contributed by atoms with Crippen molar-refractivity contribution in [2.45, 2.75) is 12.1 Å². The van der Waals surface area contributed by atoms with E-state index >= 15 is 0 Å². The zero-order chi connectivity index (χ0) is 29.8. The fourth-order valence-electron chi connectivity index (χ4n) is 3.75. The van der Waals surface area contributed by atoms with Gasteiger partial charge in [-0.05, 0) is 13.1 Å². The number of aliphatic hydroxyl groups excluding tert-OH is 1. The number of carboxylic acids is 1. The van der Waals surface area contributed by atoms with Crippen molar-refractivity contribution in [3.63, 3.8) is 0 Å². The lowest BCUT2D eigenvalue weighted by atomic mass is 10.1. The van der Waals surface area contributed by atoms with E-state index in [1.165, 1.54) is 17.2 Å². The average molecular weight is 550 g/mol. The van der Waals surface area contributed by atoms with E-state index < -0.39 is 35.7 Å². The molecular weight excluding hydrogens is 518 g/mol. The van der Waals surface area contributed by atoms with E-state index in [2.05, 4.69) is 28.0 Å². The van der Waals surface area contributed by atoms with Gasteiger partial charge >= 0.3 is 5.97 Å². The molecule has 1 aliphatic rings. The number of carboxylic acid groups (broad SMARTS) is 1. The molecule has 1 fully saturated rings. The average Bonchev–Trinajstić information content (AvgIpc) is 3.43. The first-order chi connectivity index (χ1) is 19.1. The van der Waals surface area contributed by atoms with Crippen molar-refractivity contribution in [1.29, 1.82) is 0 Å². The summed E-state index contributed by atoms with van der Waals surface area (Å²) in [6.45, 7) is 2.30. The standard InChI is InChI=1S/C19H23N5O6.C7H6O.C2H2/c1-23-5-7-24(8-6-23)18(28)15(25)11-9-21-14-10(11)3-2-4-12(14)22-17(27)16(26)13(20)19(29)30;8-6-7-4-2-1-3-5-7;1-2/h2-4,9,13,16,21,26H,5-8,20H2,1H3,(H,22,27)(H,29,30);1-6H;1-2H. The van der Waals surface area contributed by atoms with Crippen LogP contribution in [-0.2, 0) is 14.4 Å². The zero-order valence-electron chi connectivity index (χ0n) is 21.8. The van der Waals surface area contributed by atoms with Crippen LogP contribution in [-0.4, -0.2) is 100 Å². The van der Waals surface area contributed by atoms with E-state index in [4.69, 9.17) is 10.8 Å². The van der Waals surface area contributed by atoms with Gasteiger partial charge in [-0.3, -0.25) is 24.0 Å². The van der Waals surface area contributed by atoms with E-state index in [-0.39, 0.29) is 11.3 Å². The summed E-state index contributed by atoms with van der Waals surface area (Å²) in [6.07, 6.45) is 8.25. The third-order valence-electron chi connectivity index (χ3n) is 6.03. The molecular formula is C28H31N5O7. The number of piperazine rings is 1. The number of Topliss-reactive ketones (excluding diaryl/α,β-unsaturated/α-hetero) is 1. The number of H-pyrrole nitrogens is 1. The minimum Gasteiger partial charge on any atom is -0.480 e. The number of benzene rings is 2. The highest BCUT2D eigenvalue weighted by molar-refractivity contribution is 6.45. The number of carbonyl (C=O) groups is 5.